The van der Waals surface area contributed by atoms with Crippen LogP contribution in [0.4, 0.5) is 0 Å². The van der Waals surface area contributed by atoms with E-state index in [-0.39, 0.29) is 0 Å². The number of para-hydroxylation sites is 1. The summed E-state index contributed by atoms with van der Waals surface area (Å²) in [5.41, 5.74) is 1.13. The third-order valence-corrected chi connectivity index (χ3v) is 7.77. The minimum Gasteiger partial charge on any atom is -0.492 e. The Kier molecular flexibility index (Phi) is 5.78. The largest absolute Gasteiger partial charge is 0.492 e. The zero-order valence-corrected chi connectivity index (χ0v) is 16.3. The van der Waals surface area contributed by atoms with Crippen molar-refractivity contribution >= 4 is 21.4 Å². The average Bonchev–Trinajstić information content (AvgIpc) is 3.04. The predicted octanol–water partition coefficient (Wildman–Crippen LogP) is 2.75. The Morgan fingerprint density at radius 3 is 2.40 bits per heavy atom. The Labute approximate surface area is 153 Å². The maximum Gasteiger partial charge on any atom is 0.252 e. The lowest BCUT2D eigenvalue weighted by Gasteiger charge is -2.33. The Bertz CT molecular complexity index is 809. The van der Waals surface area contributed by atoms with Gasteiger partial charge in [-0.2, -0.15) is 4.31 Å². The lowest BCUT2D eigenvalue weighted by Crippen LogP contribution is -2.49. The van der Waals surface area contributed by atoms with E-state index >= 15 is 0 Å². The fourth-order valence-corrected chi connectivity index (χ4v) is 5.73. The van der Waals surface area contributed by atoms with Crippen molar-refractivity contribution in [2.24, 2.45) is 0 Å². The third kappa shape index (κ3) is 4.41. The first-order valence-corrected chi connectivity index (χ1v) is 10.7. The van der Waals surface area contributed by atoms with Crippen LogP contribution in [-0.2, 0) is 10.0 Å². The highest BCUT2D eigenvalue weighted by atomic mass is 32.2. The van der Waals surface area contributed by atoms with Crippen molar-refractivity contribution < 1.29 is 13.2 Å². The van der Waals surface area contributed by atoms with Gasteiger partial charge in [-0.05, 0) is 37.6 Å². The summed E-state index contributed by atoms with van der Waals surface area (Å²) in [4.78, 5) is 3.27. The highest BCUT2D eigenvalue weighted by Gasteiger charge is 2.29. The van der Waals surface area contributed by atoms with E-state index in [2.05, 4.69) is 4.90 Å². The molecule has 5 nitrogen and oxygen atoms in total. The first-order chi connectivity index (χ1) is 12.0. The van der Waals surface area contributed by atoms with Crippen LogP contribution in [0.1, 0.15) is 10.4 Å². The van der Waals surface area contributed by atoms with Gasteiger partial charge in [-0.15, -0.1) is 11.3 Å². The normalized spacial score (nSPS) is 16.9. The van der Waals surface area contributed by atoms with Gasteiger partial charge in [0.1, 0.15) is 16.6 Å². The molecule has 0 aliphatic carbocycles. The van der Waals surface area contributed by atoms with Gasteiger partial charge in [-0.1, -0.05) is 18.2 Å². The van der Waals surface area contributed by atoms with E-state index in [0.29, 0.717) is 23.9 Å². The van der Waals surface area contributed by atoms with E-state index in [9.17, 15) is 8.42 Å². The Hall–Kier alpha value is -1.41. The topological polar surface area (TPSA) is 49.9 Å². The highest BCUT2D eigenvalue weighted by Crippen LogP contribution is 2.25. The predicted molar refractivity (Wildman–Crippen MR) is 101 cm³/mol. The summed E-state index contributed by atoms with van der Waals surface area (Å²) < 4.78 is 33.1. The van der Waals surface area contributed by atoms with E-state index in [1.54, 1.807) is 10.4 Å². The smallest absolute Gasteiger partial charge is 0.252 e. The molecule has 3 rings (SSSR count). The van der Waals surface area contributed by atoms with E-state index in [1.807, 2.05) is 44.2 Å². The zero-order valence-electron chi connectivity index (χ0n) is 14.6. The van der Waals surface area contributed by atoms with Crippen LogP contribution in [0.15, 0.2) is 40.6 Å². The number of piperazine rings is 1. The fraction of sp³-hybridized carbons (Fsp3) is 0.444. The SMILES string of the molecule is Cc1ccc(S(=O)(=O)N2CCN(CCOc3ccccc3C)CC2)s1. The van der Waals surface area contributed by atoms with Gasteiger partial charge in [-0.3, -0.25) is 4.90 Å². The Morgan fingerprint density at radius 1 is 1.04 bits per heavy atom. The van der Waals surface area contributed by atoms with Gasteiger partial charge in [0.2, 0.25) is 0 Å². The molecule has 0 unspecified atom stereocenters. The molecule has 0 bridgehead atoms. The molecule has 1 fully saturated rings. The molecule has 0 saturated carbocycles. The van der Waals surface area contributed by atoms with Gasteiger partial charge in [0.15, 0.2) is 0 Å². The number of nitrogens with zero attached hydrogens (tertiary/aromatic N) is 2. The van der Waals surface area contributed by atoms with E-state index in [4.69, 9.17) is 4.74 Å². The van der Waals surface area contributed by atoms with Gasteiger partial charge in [-0.25, -0.2) is 8.42 Å². The molecule has 7 heteroatoms. The van der Waals surface area contributed by atoms with Crippen LogP contribution in [0, 0.1) is 13.8 Å². The second-order valence-corrected chi connectivity index (χ2v) is 9.68. The molecule has 1 saturated heterocycles. The average molecular weight is 381 g/mol. The molecule has 0 spiro atoms. The Balaban J connectivity index is 1.48. The van der Waals surface area contributed by atoms with Crippen LogP contribution in [0.2, 0.25) is 0 Å². The van der Waals surface area contributed by atoms with Gasteiger partial charge < -0.3 is 4.74 Å². The highest BCUT2D eigenvalue weighted by molar-refractivity contribution is 7.91. The Morgan fingerprint density at radius 2 is 1.76 bits per heavy atom. The van der Waals surface area contributed by atoms with Crippen molar-refractivity contribution in [3.63, 3.8) is 0 Å². The molecule has 1 aromatic heterocycles. The molecule has 1 aliphatic heterocycles. The maximum atomic E-state index is 12.6. The van der Waals surface area contributed by atoms with E-state index < -0.39 is 10.0 Å². The molecule has 1 aromatic carbocycles. The molecular formula is C18H24N2O3S2. The first kappa shape index (κ1) is 18.4. The summed E-state index contributed by atoms with van der Waals surface area (Å²) in [6, 6.07) is 11.5. The molecule has 25 heavy (non-hydrogen) atoms. The molecular weight excluding hydrogens is 356 g/mol. The van der Waals surface area contributed by atoms with E-state index in [1.165, 1.54) is 11.3 Å². The van der Waals surface area contributed by atoms with Crippen molar-refractivity contribution in [1.29, 1.82) is 0 Å². The summed E-state index contributed by atoms with van der Waals surface area (Å²) >= 11 is 1.34. The molecule has 2 heterocycles. The van der Waals surface area contributed by atoms with Crippen LogP contribution in [0.5, 0.6) is 5.75 Å². The number of rotatable bonds is 6. The maximum absolute atomic E-state index is 12.6. The van der Waals surface area contributed by atoms with Gasteiger partial charge in [0, 0.05) is 37.6 Å². The number of hydrogen-bond donors (Lipinski definition) is 0. The summed E-state index contributed by atoms with van der Waals surface area (Å²) in [6.07, 6.45) is 0. The molecule has 136 valence electrons. The second-order valence-electron chi connectivity index (χ2n) is 6.22. The lowest BCUT2D eigenvalue weighted by molar-refractivity contribution is 0.158. The summed E-state index contributed by atoms with van der Waals surface area (Å²) in [7, 11) is -3.34. The number of sulfonamides is 1. The molecule has 0 radical (unpaired) electrons. The van der Waals surface area contributed by atoms with Crippen molar-refractivity contribution in [3.8, 4) is 5.75 Å². The fourth-order valence-electron chi connectivity index (χ4n) is 2.87. The van der Waals surface area contributed by atoms with Gasteiger partial charge in [0.25, 0.3) is 10.0 Å². The monoisotopic (exact) mass is 380 g/mol. The third-order valence-electron chi connectivity index (χ3n) is 4.40. The minimum absolute atomic E-state index is 0.446. The number of aryl methyl sites for hydroxylation is 2. The van der Waals surface area contributed by atoms with Crippen molar-refractivity contribution in [3.05, 3.63) is 46.8 Å². The van der Waals surface area contributed by atoms with Crippen LogP contribution in [-0.4, -0.2) is 57.0 Å². The van der Waals surface area contributed by atoms with Gasteiger partial charge >= 0.3 is 0 Å². The van der Waals surface area contributed by atoms with Crippen LogP contribution in [0.3, 0.4) is 0 Å². The quantitative estimate of drug-likeness (QED) is 0.773. The van der Waals surface area contributed by atoms with Crippen LogP contribution in [0.25, 0.3) is 0 Å². The first-order valence-electron chi connectivity index (χ1n) is 8.44. The molecule has 0 atom stereocenters. The second kappa shape index (κ2) is 7.86. The van der Waals surface area contributed by atoms with Crippen LogP contribution < -0.4 is 4.74 Å². The minimum atomic E-state index is -3.34. The molecule has 2 aromatic rings. The van der Waals surface area contributed by atoms with Crippen LogP contribution >= 0.6 is 11.3 Å². The summed E-state index contributed by atoms with van der Waals surface area (Å²) in [6.45, 7) is 7.91. The van der Waals surface area contributed by atoms with E-state index in [0.717, 1.165) is 35.8 Å². The summed E-state index contributed by atoms with van der Waals surface area (Å²) in [5, 5.41) is 0. The van der Waals surface area contributed by atoms with Crippen molar-refractivity contribution in [2.75, 3.05) is 39.3 Å². The number of hydrogen-bond acceptors (Lipinski definition) is 5. The van der Waals surface area contributed by atoms with Gasteiger partial charge in [0.05, 0.1) is 0 Å². The number of benzene rings is 1. The molecule has 0 N–H and O–H groups in total. The lowest BCUT2D eigenvalue weighted by atomic mass is 10.2. The molecule has 1 aliphatic rings. The standard InChI is InChI=1S/C18H24N2O3S2/c1-15-5-3-4-6-17(15)23-14-13-19-9-11-20(12-10-19)25(21,22)18-8-7-16(2)24-18/h3-8H,9-14H2,1-2H3. The molecule has 0 amide bonds. The van der Waals surface area contributed by atoms with Crippen molar-refractivity contribution in [2.45, 2.75) is 18.1 Å². The summed E-state index contributed by atoms with van der Waals surface area (Å²) in [5.74, 6) is 0.914. The number of ether oxygens (including phenoxy) is 1. The zero-order chi connectivity index (χ0) is 17.9. The number of thiophene rings is 1. The van der Waals surface area contributed by atoms with Crippen molar-refractivity contribution in [1.82, 2.24) is 9.21 Å².